The standard InChI is InChI=1S/C18H23N3O3/c1-11-7-15-16(12(2)24-11)20-21-17(15)18(22)19-9-13-5-4-6-14(8-13)10-23-3/h4-6,8,11-12H,7,9-10H2,1-3H3,(H,19,22)(H,20,21)/t11-,12+/m0/s1. The lowest BCUT2D eigenvalue weighted by Gasteiger charge is -2.25. The maximum atomic E-state index is 12.5. The van der Waals surface area contributed by atoms with E-state index in [0.29, 0.717) is 25.3 Å². The van der Waals surface area contributed by atoms with Crippen molar-refractivity contribution in [3.63, 3.8) is 0 Å². The average molecular weight is 329 g/mol. The molecular weight excluding hydrogens is 306 g/mol. The fraction of sp³-hybridized carbons (Fsp3) is 0.444. The van der Waals surface area contributed by atoms with E-state index in [4.69, 9.17) is 9.47 Å². The lowest BCUT2D eigenvalue weighted by atomic mass is 9.99. The summed E-state index contributed by atoms with van der Waals surface area (Å²) in [5.41, 5.74) is 4.46. The number of nitrogens with one attached hydrogen (secondary N) is 2. The molecule has 6 heteroatoms. The molecule has 1 aliphatic heterocycles. The third-order valence-electron chi connectivity index (χ3n) is 4.20. The Morgan fingerprint density at radius 3 is 3.00 bits per heavy atom. The molecule has 2 heterocycles. The van der Waals surface area contributed by atoms with Crippen LogP contribution < -0.4 is 5.32 Å². The van der Waals surface area contributed by atoms with E-state index in [2.05, 4.69) is 15.5 Å². The molecule has 0 unspecified atom stereocenters. The van der Waals surface area contributed by atoms with Gasteiger partial charge in [0.2, 0.25) is 0 Å². The first-order valence-corrected chi connectivity index (χ1v) is 8.16. The van der Waals surface area contributed by atoms with Crippen LogP contribution >= 0.6 is 0 Å². The van der Waals surface area contributed by atoms with Crippen molar-refractivity contribution in [1.29, 1.82) is 0 Å². The topological polar surface area (TPSA) is 76.2 Å². The predicted octanol–water partition coefficient (Wildman–Crippen LogP) is 2.51. The molecule has 128 valence electrons. The van der Waals surface area contributed by atoms with Gasteiger partial charge in [-0.05, 0) is 25.0 Å². The first-order valence-electron chi connectivity index (χ1n) is 8.16. The molecule has 2 aromatic rings. The second-order valence-electron chi connectivity index (χ2n) is 6.19. The minimum atomic E-state index is -0.161. The highest BCUT2D eigenvalue weighted by molar-refractivity contribution is 5.94. The fourth-order valence-corrected chi connectivity index (χ4v) is 3.12. The van der Waals surface area contributed by atoms with Gasteiger partial charge in [0.05, 0.1) is 24.5 Å². The Balaban J connectivity index is 1.69. The van der Waals surface area contributed by atoms with E-state index in [9.17, 15) is 4.79 Å². The molecule has 24 heavy (non-hydrogen) atoms. The third-order valence-corrected chi connectivity index (χ3v) is 4.20. The van der Waals surface area contributed by atoms with Crippen LogP contribution in [0.3, 0.4) is 0 Å². The van der Waals surface area contributed by atoms with Crippen LogP contribution in [0.4, 0.5) is 0 Å². The number of carbonyl (C=O) groups excluding carboxylic acids is 1. The minimum absolute atomic E-state index is 0.0662. The number of methoxy groups -OCH3 is 1. The van der Waals surface area contributed by atoms with Gasteiger partial charge in [0.25, 0.3) is 5.91 Å². The Kier molecular flexibility index (Phi) is 4.97. The molecule has 2 N–H and O–H groups in total. The molecule has 1 aliphatic rings. The molecule has 6 nitrogen and oxygen atoms in total. The number of ether oxygens (including phenoxy) is 2. The smallest absolute Gasteiger partial charge is 0.272 e. The van der Waals surface area contributed by atoms with Gasteiger partial charge in [0.1, 0.15) is 0 Å². The van der Waals surface area contributed by atoms with Gasteiger partial charge >= 0.3 is 0 Å². The van der Waals surface area contributed by atoms with Crippen LogP contribution in [0.15, 0.2) is 24.3 Å². The molecule has 1 amide bonds. The number of nitrogens with zero attached hydrogens (tertiary/aromatic N) is 1. The van der Waals surface area contributed by atoms with Crippen molar-refractivity contribution in [3.05, 3.63) is 52.3 Å². The molecule has 3 rings (SSSR count). The summed E-state index contributed by atoms with van der Waals surface area (Å²) in [5, 5.41) is 10.1. The monoisotopic (exact) mass is 329 g/mol. The van der Waals surface area contributed by atoms with Crippen LogP contribution in [-0.4, -0.2) is 29.3 Å². The maximum absolute atomic E-state index is 12.5. The number of rotatable bonds is 5. The van der Waals surface area contributed by atoms with E-state index in [0.717, 1.165) is 22.4 Å². The quantitative estimate of drug-likeness (QED) is 0.884. The molecule has 0 radical (unpaired) electrons. The molecule has 0 saturated heterocycles. The number of fused-ring (bicyclic) bond motifs is 1. The van der Waals surface area contributed by atoms with E-state index >= 15 is 0 Å². The van der Waals surface area contributed by atoms with Crippen molar-refractivity contribution in [2.75, 3.05) is 7.11 Å². The summed E-state index contributed by atoms with van der Waals surface area (Å²) in [5.74, 6) is -0.161. The van der Waals surface area contributed by atoms with Crippen LogP contribution in [0.5, 0.6) is 0 Å². The Hall–Kier alpha value is -2.18. The van der Waals surface area contributed by atoms with Crippen molar-refractivity contribution in [2.24, 2.45) is 0 Å². The van der Waals surface area contributed by atoms with E-state index in [1.54, 1.807) is 7.11 Å². The highest BCUT2D eigenvalue weighted by Gasteiger charge is 2.29. The Morgan fingerprint density at radius 1 is 1.42 bits per heavy atom. The Bertz CT molecular complexity index is 726. The van der Waals surface area contributed by atoms with E-state index in [1.807, 2.05) is 38.1 Å². The van der Waals surface area contributed by atoms with Crippen molar-refractivity contribution in [3.8, 4) is 0 Å². The molecule has 0 saturated carbocycles. The summed E-state index contributed by atoms with van der Waals surface area (Å²) < 4.78 is 10.9. The summed E-state index contributed by atoms with van der Waals surface area (Å²) in [6, 6.07) is 7.98. The molecule has 1 aromatic carbocycles. The highest BCUT2D eigenvalue weighted by atomic mass is 16.5. The van der Waals surface area contributed by atoms with Crippen molar-refractivity contribution in [1.82, 2.24) is 15.5 Å². The predicted molar refractivity (Wildman–Crippen MR) is 89.6 cm³/mol. The van der Waals surface area contributed by atoms with Crippen LogP contribution in [-0.2, 0) is 29.0 Å². The zero-order valence-corrected chi connectivity index (χ0v) is 14.3. The number of hydrogen-bond donors (Lipinski definition) is 2. The van der Waals surface area contributed by atoms with Gasteiger partial charge in [-0.1, -0.05) is 24.3 Å². The van der Waals surface area contributed by atoms with Crippen molar-refractivity contribution < 1.29 is 14.3 Å². The van der Waals surface area contributed by atoms with Crippen molar-refractivity contribution >= 4 is 5.91 Å². The summed E-state index contributed by atoms with van der Waals surface area (Å²) in [4.78, 5) is 12.5. The third kappa shape index (κ3) is 3.49. The van der Waals surface area contributed by atoms with E-state index in [-0.39, 0.29) is 18.1 Å². The molecule has 0 fully saturated rings. The summed E-state index contributed by atoms with van der Waals surface area (Å²) in [7, 11) is 1.67. The number of hydrogen-bond acceptors (Lipinski definition) is 4. The average Bonchev–Trinajstić information content (AvgIpc) is 2.97. The number of carbonyl (C=O) groups is 1. The zero-order chi connectivity index (χ0) is 17.1. The number of aromatic nitrogens is 2. The minimum Gasteiger partial charge on any atom is -0.380 e. The van der Waals surface area contributed by atoms with Crippen molar-refractivity contribution in [2.45, 2.75) is 45.6 Å². The Labute approximate surface area is 141 Å². The van der Waals surface area contributed by atoms with Gasteiger partial charge in [-0.25, -0.2) is 0 Å². The van der Waals surface area contributed by atoms with Gasteiger partial charge in [0.15, 0.2) is 5.69 Å². The second-order valence-corrected chi connectivity index (χ2v) is 6.19. The molecule has 0 aliphatic carbocycles. The van der Waals surface area contributed by atoms with Gasteiger partial charge in [0, 0.05) is 25.6 Å². The number of H-pyrrole nitrogens is 1. The van der Waals surface area contributed by atoms with Crippen LogP contribution in [0, 0.1) is 0 Å². The molecule has 0 bridgehead atoms. The first-order chi connectivity index (χ1) is 11.6. The van der Waals surface area contributed by atoms with Gasteiger partial charge in [-0.3, -0.25) is 9.89 Å². The number of amides is 1. The first kappa shape index (κ1) is 16.7. The zero-order valence-electron chi connectivity index (χ0n) is 14.3. The normalized spacial score (nSPS) is 19.8. The van der Waals surface area contributed by atoms with Crippen LogP contribution in [0.2, 0.25) is 0 Å². The fourth-order valence-electron chi connectivity index (χ4n) is 3.12. The lowest BCUT2D eigenvalue weighted by Crippen LogP contribution is -2.27. The largest absolute Gasteiger partial charge is 0.380 e. The molecular formula is C18H23N3O3. The second kappa shape index (κ2) is 7.15. The molecule has 1 aromatic heterocycles. The summed E-state index contributed by atoms with van der Waals surface area (Å²) in [6.45, 7) is 5.00. The number of aromatic amines is 1. The van der Waals surface area contributed by atoms with Gasteiger partial charge in [-0.2, -0.15) is 5.10 Å². The van der Waals surface area contributed by atoms with E-state index in [1.165, 1.54) is 0 Å². The lowest BCUT2D eigenvalue weighted by molar-refractivity contribution is -0.00697. The van der Waals surface area contributed by atoms with Gasteiger partial charge < -0.3 is 14.8 Å². The summed E-state index contributed by atoms with van der Waals surface area (Å²) >= 11 is 0. The Morgan fingerprint density at radius 2 is 2.21 bits per heavy atom. The summed E-state index contributed by atoms with van der Waals surface area (Å²) in [6.07, 6.45) is 0.716. The molecule has 2 atom stereocenters. The van der Waals surface area contributed by atoms with Gasteiger partial charge in [-0.15, -0.1) is 0 Å². The van der Waals surface area contributed by atoms with E-state index < -0.39 is 0 Å². The highest BCUT2D eigenvalue weighted by Crippen LogP contribution is 2.30. The van der Waals surface area contributed by atoms with Crippen LogP contribution in [0.1, 0.15) is 52.8 Å². The SMILES string of the molecule is COCc1cccc(CNC(=O)c2n[nH]c3c2C[C@H](C)O[C@@H]3C)c1. The van der Waals surface area contributed by atoms with Crippen LogP contribution in [0.25, 0.3) is 0 Å². The molecule has 0 spiro atoms. The number of benzene rings is 1. The maximum Gasteiger partial charge on any atom is 0.272 e.